The largest absolute Gasteiger partial charge is 0.107 e. The van der Waals surface area contributed by atoms with Crippen LogP contribution in [0.4, 0.5) is 0 Å². The lowest BCUT2D eigenvalue weighted by atomic mass is 10.1. The molecule has 0 amide bonds. The molecular formula is C13H27P. The minimum absolute atomic E-state index is 0.527. The Balaban J connectivity index is 1.75. The van der Waals surface area contributed by atoms with Crippen LogP contribution in [0.25, 0.3) is 0 Å². The standard InChI is InChI=1S/C13H27P/c1-2-3-4-5-6-7-8-11-14-12-9-10-13-14/h2-13H2,1H3. The first-order valence-electron chi connectivity index (χ1n) is 6.66. The summed E-state index contributed by atoms with van der Waals surface area (Å²) in [5.41, 5.74) is 0. The Bertz CT molecular complexity index is 116. The second-order valence-electron chi connectivity index (χ2n) is 4.67. The third kappa shape index (κ3) is 6.02. The highest BCUT2D eigenvalue weighted by molar-refractivity contribution is 7.57. The molecule has 0 aromatic rings. The highest BCUT2D eigenvalue weighted by Gasteiger charge is 2.12. The van der Waals surface area contributed by atoms with Crippen LogP contribution in [0.2, 0.25) is 0 Å². The van der Waals surface area contributed by atoms with Crippen LogP contribution in [-0.2, 0) is 0 Å². The molecule has 0 spiro atoms. The van der Waals surface area contributed by atoms with Crippen LogP contribution in [-0.4, -0.2) is 18.5 Å². The predicted molar refractivity (Wildman–Crippen MR) is 68.7 cm³/mol. The molecule has 0 bridgehead atoms. The fraction of sp³-hybridized carbons (Fsp3) is 1.00. The van der Waals surface area contributed by atoms with Crippen molar-refractivity contribution in [1.29, 1.82) is 0 Å². The van der Waals surface area contributed by atoms with Crippen LogP contribution in [0.15, 0.2) is 0 Å². The van der Waals surface area contributed by atoms with Gasteiger partial charge in [0, 0.05) is 0 Å². The number of hydrogen-bond acceptors (Lipinski definition) is 0. The number of rotatable bonds is 8. The van der Waals surface area contributed by atoms with Crippen molar-refractivity contribution in [3.63, 3.8) is 0 Å². The first kappa shape index (κ1) is 12.5. The monoisotopic (exact) mass is 214 g/mol. The lowest BCUT2D eigenvalue weighted by Crippen LogP contribution is -1.87. The van der Waals surface area contributed by atoms with E-state index in [1.54, 1.807) is 31.3 Å². The van der Waals surface area contributed by atoms with E-state index in [0.29, 0.717) is 7.92 Å². The van der Waals surface area contributed by atoms with Gasteiger partial charge in [-0.2, -0.15) is 0 Å². The van der Waals surface area contributed by atoms with Crippen LogP contribution in [0, 0.1) is 0 Å². The van der Waals surface area contributed by atoms with Gasteiger partial charge in [0.05, 0.1) is 0 Å². The highest BCUT2D eigenvalue weighted by atomic mass is 31.1. The van der Waals surface area contributed by atoms with Gasteiger partial charge < -0.3 is 0 Å². The lowest BCUT2D eigenvalue weighted by Gasteiger charge is -2.08. The summed E-state index contributed by atoms with van der Waals surface area (Å²) in [5.74, 6) is 0. The molecule has 1 heteroatoms. The molecule has 0 unspecified atom stereocenters. The van der Waals surface area contributed by atoms with Gasteiger partial charge in [0.25, 0.3) is 0 Å². The van der Waals surface area contributed by atoms with E-state index < -0.39 is 0 Å². The summed E-state index contributed by atoms with van der Waals surface area (Å²) in [5, 5.41) is 0. The van der Waals surface area contributed by atoms with Crippen molar-refractivity contribution in [2.75, 3.05) is 18.5 Å². The Labute approximate surface area is 91.6 Å². The molecule has 1 aliphatic heterocycles. The molecule has 0 aromatic carbocycles. The van der Waals surface area contributed by atoms with E-state index in [1.165, 1.54) is 44.9 Å². The molecule has 1 aliphatic rings. The van der Waals surface area contributed by atoms with Gasteiger partial charge in [0.15, 0.2) is 0 Å². The maximum Gasteiger partial charge on any atom is -0.0326 e. The third-order valence-electron chi connectivity index (χ3n) is 3.28. The SMILES string of the molecule is CCCCCCCCCP1CCCC1. The smallest absolute Gasteiger partial charge is 0.0326 e. The molecular weight excluding hydrogens is 187 g/mol. The van der Waals surface area contributed by atoms with Gasteiger partial charge in [-0.05, 0) is 37.7 Å². The molecule has 0 atom stereocenters. The van der Waals surface area contributed by atoms with Gasteiger partial charge in [-0.25, -0.2) is 0 Å². The minimum Gasteiger partial charge on any atom is -0.107 e. The van der Waals surface area contributed by atoms with E-state index in [-0.39, 0.29) is 0 Å². The van der Waals surface area contributed by atoms with Crippen LogP contribution < -0.4 is 0 Å². The Morgan fingerprint density at radius 2 is 1.36 bits per heavy atom. The fourth-order valence-electron chi connectivity index (χ4n) is 2.30. The van der Waals surface area contributed by atoms with Gasteiger partial charge in [0.2, 0.25) is 0 Å². The maximum atomic E-state index is 2.29. The summed E-state index contributed by atoms with van der Waals surface area (Å²) in [6.45, 7) is 2.29. The Morgan fingerprint density at radius 1 is 0.786 bits per heavy atom. The highest BCUT2D eigenvalue weighted by Crippen LogP contribution is 2.43. The van der Waals surface area contributed by atoms with Crippen molar-refractivity contribution < 1.29 is 0 Å². The van der Waals surface area contributed by atoms with Crippen molar-refractivity contribution in [2.24, 2.45) is 0 Å². The number of unbranched alkanes of at least 4 members (excludes halogenated alkanes) is 6. The van der Waals surface area contributed by atoms with Crippen molar-refractivity contribution in [3.8, 4) is 0 Å². The molecule has 1 rings (SSSR count). The number of hydrogen-bond donors (Lipinski definition) is 0. The summed E-state index contributed by atoms with van der Waals surface area (Å²) in [4.78, 5) is 0. The second-order valence-corrected chi connectivity index (χ2v) is 7.35. The predicted octanol–water partition coefficient (Wildman–Crippen LogP) is 5.01. The minimum atomic E-state index is 0.527. The first-order chi connectivity index (χ1) is 6.93. The van der Waals surface area contributed by atoms with Crippen molar-refractivity contribution in [3.05, 3.63) is 0 Å². The molecule has 0 aliphatic carbocycles. The third-order valence-corrected chi connectivity index (χ3v) is 6.12. The summed E-state index contributed by atoms with van der Waals surface area (Å²) in [7, 11) is 0.527. The van der Waals surface area contributed by atoms with Crippen molar-refractivity contribution >= 4 is 7.92 Å². The van der Waals surface area contributed by atoms with Crippen molar-refractivity contribution in [1.82, 2.24) is 0 Å². The van der Waals surface area contributed by atoms with E-state index in [0.717, 1.165) is 0 Å². The molecule has 0 saturated carbocycles. The van der Waals surface area contributed by atoms with Crippen molar-refractivity contribution in [2.45, 2.75) is 64.7 Å². The normalized spacial score (nSPS) is 17.8. The van der Waals surface area contributed by atoms with Gasteiger partial charge in [-0.1, -0.05) is 45.4 Å². The zero-order chi connectivity index (χ0) is 10.1. The summed E-state index contributed by atoms with van der Waals surface area (Å²) < 4.78 is 0. The van der Waals surface area contributed by atoms with Crippen LogP contribution >= 0.6 is 7.92 Å². The molecule has 0 nitrogen and oxygen atoms in total. The summed E-state index contributed by atoms with van der Waals surface area (Å²) in [6.07, 6.45) is 18.3. The molecule has 0 radical (unpaired) electrons. The average molecular weight is 214 g/mol. The van der Waals surface area contributed by atoms with E-state index in [4.69, 9.17) is 0 Å². The van der Waals surface area contributed by atoms with Gasteiger partial charge in [0.1, 0.15) is 0 Å². The van der Waals surface area contributed by atoms with Crippen LogP contribution in [0.5, 0.6) is 0 Å². The zero-order valence-corrected chi connectivity index (χ0v) is 10.8. The van der Waals surface area contributed by atoms with Crippen LogP contribution in [0.1, 0.15) is 64.7 Å². The Morgan fingerprint density at radius 3 is 2.00 bits per heavy atom. The molecule has 1 fully saturated rings. The van der Waals surface area contributed by atoms with Crippen LogP contribution in [0.3, 0.4) is 0 Å². The molecule has 0 N–H and O–H groups in total. The Kier molecular flexibility index (Phi) is 7.78. The molecule has 0 aromatic heterocycles. The van der Waals surface area contributed by atoms with Gasteiger partial charge in [-0.3, -0.25) is 0 Å². The molecule has 1 saturated heterocycles. The zero-order valence-electron chi connectivity index (χ0n) is 9.93. The second kappa shape index (κ2) is 8.72. The Hall–Kier alpha value is 0.430. The fourth-order valence-corrected chi connectivity index (χ4v) is 4.98. The quantitative estimate of drug-likeness (QED) is 0.393. The van der Waals surface area contributed by atoms with Gasteiger partial charge >= 0.3 is 0 Å². The maximum absolute atomic E-state index is 2.29. The van der Waals surface area contributed by atoms with E-state index in [9.17, 15) is 0 Å². The van der Waals surface area contributed by atoms with Gasteiger partial charge in [-0.15, -0.1) is 7.92 Å². The lowest BCUT2D eigenvalue weighted by molar-refractivity contribution is 0.603. The molecule has 14 heavy (non-hydrogen) atoms. The first-order valence-corrected chi connectivity index (χ1v) is 8.55. The average Bonchev–Trinajstić information content (AvgIpc) is 2.69. The van der Waals surface area contributed by atoms with E-state index in [1.807, 2.05) is 0 Å². The summed E-state index contributed by atoms with van der Waals surface area (Å²) >= 11 is 0. The topological polar surface area (TPSA) is 0 Å². The van der Waals surface area contributed by atoms with E-state index >= 15 is 0 Å². The summed E-state index contributed by atoms with van der Waals surface area (Å²) in [6, 6.07) is 0. The van der Waals surface area contributed by atoms with E-state index in [2.05, 4.69) is 6.92 Å². The molecule has 1 heterocycles. The molecule has 84 valence electrons.